The minimum Gasteiger partial charge on any atom is -0.337 e. The van der Waals surface area contributed by atoms with Gasteiger partial charge in [0.05, 0.1) is 6.04 Å². The van der Waals surface area contributed by atoms with Crippen molar-refractivity contribution in [2.75, 3.05) is 0 Å². The number of carbonyl (C=O) groups is 1. The number of benzene rings is 1. The molecule has 0 aliphatic carbocycles. The van der Waals surface area contributed by atoms with Crippen molar-refractivity contribution in [3.8, 4) is 0 Å². The minimum absolute atomic E-state index is 0.0857. The highest BCUT2D eigenvalue weighted by molar-refractivity contribution is 5.85. The summed E-state index contributed by atoms with van der Waals surface area (Å²) in [6.45, 7) is 7.96. The fourth-order valence-corrected chi connectivity index (χ4v) is 2.08. The van der Waals surface area contributed by atoms with E-state index in [4.69, 9.17) is 0 Å². The van der Waals surface area contributed by atoms with Crippen molar-refractivity contribution in [2.45, 2.75) is 39.7 Å². The van der Waals surface area contributed by atoms with Crippen LogP contribution in [0.3, 0.4) is 0 Å². The number of aromatic nitrogens is 1. The van der Waals surface area contributed by atoms with Crippen LogP contribution in [0.15, 0.2) is 30.5 Å². The zero-order chi connectivity index (χ0) is 12.6. The second-order valence-corrected chi connectivity index (χ2v) is 4.98. The Kier molecular flexibility index (Phi) is 3.05. The van der Waals surface area contributed by atoms with Gasteiger partial charge < -0.3 is 4.57 Å². The number of ketones is 1. The van der Waals surface area contributed by atoms with Gasteiger partial charge in [0.2, 0.25) is 0 Å². The van der Waals surface area contributed by atoms with E-state index in [1.54, 1.807) is 6.92 Å². The third-order valence-electron chi connectivity index (χ3n) is 3.42. The average Bonchev–Trinajstić information content (AvgIpc) is 2.70. The SMILES string of the molecule is CC(=O)C(C)n1ccc2cc(C(C)C)ccc21. The van der Waals surface area contributed by atoms with Crippen LogP contribution in [-0.4, -0.2) is 10.4 Å². The second kappa shape index (κ2) is 4.36. The molecule has 0 spiro atoms. The molecule has 0 radical (unpaired) electrons. The molecule has 2 heteroatoms. The molecule has 1 heterocycles. The number of rotatable bonds is 3. The lowest BCUT2D eigenvalue weighted by atomic mass is 10.0. The van der Waals surface area contributed by atoms with E-state index in [1.165, 1.54) is 10.9 Å². The van der Waals surface area contributed by atoms with Crippen molar-refractivity contribution in [3.05, 3.63) is 36.0 Å². The van der Waals surface area contributed by atoms with Crippen LogP contribution in [0.1, 0.15) is 45.2 Å². The molecule has 1 atom stereocenters. The normalized spacial score (nSPS) is 13.2. The van der Waals surface area contributed by atoms with Gasteiger partial charge in [0.25, 0.3) is 0 Å². The summed E-state index contributed by atoms with van der Waals surface area (Å²) in [5.41, 5.74) is 2.47. The maximum Gasteiger partial charge on any atom is 0.152 e. The summed E-state index contributed by atoms with van der Waals surface area (Å²) in [6, 6.07) is 8.47. The van der Waals surface area contributed by atoms with E-state index in [2.05, 4.69) is 38.1 Å². The molecule has 0 N–H and O–H groups in total. The Labute approximate surface area is 102 Å². The van der Waals surface area contributed by atoms with Gasteiger partial charge in [0.1, 0.15) is 0 Å². The van der Waals surface area contributed by atoms with E-state index in [-0.39, 0.29) is 11.8 Å². The van der Waals surface area contributed by atoms with Gasteiger partial charge in [-0.3, -0.25) is 4.79 Å². The maximum absolute atomic E-state index is 11.4. The number of carbonyl (C=O) groups excluding carboxylic acids is 1. The summed E-state index contributed by atoms with van der Waals surface area (Å²) in [4.78, 5) is 11.4. The largest absolute Gasteiger partial charge is 0.337 e. The topological polar surface area (TPSA) is 22.0 Å². The number of fused-ring (bicyclic) bond motifs is 1. The summed E-state index contributed by atoms with van der Waals surface area (Å²) < 4.78 is 2.04. The molecule has 2 nitrogen and oxygen atoms in total. The predicted molar refractivity (Wildman–Crippen MR) is 71.4 cm³/mol. The van der Waals surface area contributed by atoms with E-state index < -0.39 is 0 Å². The summed E-state index contributed by atoms with van der Waals surface area (Å²) in [7, 11) is 0. The molecule has 1 aromatic heterocycles. The third kappa shape index (κ3) is 2.12. The molecule has 1 unspecified atom stereocenters. The van der Waals surface area contributed by atoms with Crippen molar-refractivity contribution in [1.29, 1.82) is 0 Å². The first-order chi connectivity index (χ1) is 8.00. The Morgan fingerprint density at radius 1 is 1.18 bits per heavy atom. The first-order valence-corrected chi connectivity index (χ1v) is 6.11. The summed E-state index contributed by atoms with van der Waals surface area (Å²) in [6.07, 6.45) is 2.00. The number of nitrogens with zero attached hydrogens (tertiary/aromatic N) is 1. The predicted octanol–water partition coefficient (Wildman–Crippen LogP) is 3.91. The number of hydrogen-bond donors (Lipinski definition) is 0. The molecular weight excluding hydrogens is 210 g/mol. The van der Waals surface area contributed by atoms with Gasteiger partial charge >= 0.3 is 0 Å². The lowest BCUT2D eigenvalue weighted by Gasteiger charge is -2.12. The molecule has 0 bridgehead atoms. The molecule has 0 aliphatic rings. The molecule has 17 heavy (non-hydrogen) atoms. The highest BCUT2D eigenvalue weighted by Gasteiger charge is 2.12. The van der Waals surface area contributed by atoms with E-state index in [0.717, 1.165) is 5.52 Å². The van der Waals surface area contributed by atoms with Gasteiger partial charge in [0, 0.05) is 11.7 Å². The maximum atomic E-state index is 11.4. The van der Waals surface area contributed by atoms with Crippen LogP contribution in [0.2, 0.25) is 0 Å². The molecule has 0 aliphatic heterocycles. The van der Waals surface area contributed by atoms with Crippen LogP contribution < -0.4 is 0 Å². The molecular formula is C15H19NO. The lowest BCUT2D eigenvalue weighted by Crippen LogP contribution is -2.11. The quantitative estimate of drug-likeness (QED) is 0.782. The van der Waals surface area contributed by atoms with Gasteiger partial charge in [-0.15, -0.1) is 0 Å². The van der Waals surface area contributed by atoms with Crippen LogP contribution >= 0.6 is 0 Å². The van der Waals surface area contributed by atoms with Crippen LogP contribution in [0.4, 0.5) is 0 Å². The highest BCUT2D eigenvalue weighted by atomic mass is 16.1. The van der Waals surface area contributed by atoms with Crippen LogP contribution in [0.25, 0.3) is 10.9 Å². The van der Waals surface area contributed by atoms with E-state index >= 15 is 0 Å². The molecule has 0 saturated heterocycles. The minimum atomic E-state index is -0.0857. The smallest absolute Gasteiger partial charge is 0.152 e. The second-order valence-electron chi connectivity index (χ2n) is 4.98. The number of Topliss-reactive ketones (excluding diaryl/α,β-unsaturated/α-hetero) is 1. The van der Waals surface area contributed by atoms with Crippen LogP contribution in [-0.2, 0) is 4.79 Å². The molecule has 90 valence electrons. The van der Waals surface area contributed by atoms with Crippen molar-refractivity contribution >= 4 is 16.7 Å². The Morgan fingerprint density at radius 3 is 2.47 bits per heavy atom. The fraction of sp³-hybridized carbons (Fsp3) is 0.400. The van der Waals surface area contributed by atoms with Gasteiger partial charge in [0.15, 0.2) is 5.78 Å². The lowest BCUT2D eigenvalue weighted by molar-refractivity contribution is -0.119. The van der Waals surface area contributed by atoms with Gasteiger partial charge in [-0.05, 0) is 48.9 Å². The van der Waals surface area contributed by atoms with Gasteiger partial charge in [-0.2, -0.15) is 0 Å². The molecule has 0 amide bonds. The zero-order valence-corrected chi connectivity index (χ0v) is 10.9. The Balaban J connectivity index is 2.52. The van der Waals surface area contributed by atoms with E-state index in [9.17, 15) is 4.79 Å². The molecule has 0 saturated carbocycles. The Bertz CT molecular complexity index is 551. The van der Waals surface area contributed by atoms with Gasteiger partial charge in [-0.1, -0.05) is 19.9 Å². The standard InChI is InChI=1S/C15H19NO/c1-10(2)13-5-6-15-14(9-13)7-8-16(15)11(3)12(4)17/h5-11H,1-4H3. The summed E-state index contributed by atoms with van der Waals surface area (Å²) >= 11 is 0. The average molecular weight is 229 g/mol. The van der Waals surface area contributed by atoms with E-state index in [0.29, 0.717) is 5.92 Å². The third-order valence-corrected chi connectivity index (χ3v) is 3.42. The molecule has 1 aromatic carbocycles. The summed E-state index contributed by atoms with van der Waals surface area (Å²) in [5, 5.41) is 1.21. The van der Waals surface area contributed by atoms with Crippen molar-refractivity contribution in [1.82, 2.24) is 4.57 Å². The van der Waals surface area contributed by atoms with Crippen LogP contribution in [0.5, 0.6) is 0 Å². The Hall–Kier alpha value is -1.57. The van der Waals surface area contributed by atoms with Crippen molar-refractivity contribution in [2.24, 2.45) is 0 Å². The molecule has 2 aromatic rings. The number of hydrogen-bond acceptors (Lipinski definition) is 1. The summed E-state index contributed by atoms with van der Waals surface area (Å²) in [5.74, 6) is 0.725. The van der Waals surface area contributed by atoms with Gasteiger partial charge in [-0.25, -0.2) is 0 Å². The van der Waals surface area contributed by atoms with Crippen LogP contribution in [0, 0.1) is 0 Å². The first kappa shape index (κ1) is 11.9. The fourth-order valence-electron chi connectivity index (χ4n) is 2.08. The van der Waals surface area contributed by atoms with E-state index in [1.807, 2.05) is 17.7 Å². The molecule has 0 fully saturated rings. The highest BCUT2D eigenvalue weighted by Crippen LogP contribution is 2.24. The zero-order valence-electron chi connectivity index (χ0n) is 10.9. The Morgan fingerprint density at radius 2 is 1.88 bits per heavy atom. The van der Waals surface area contributed by atoms with Crippen molar-refractivity contribution < 1.29 is 4.79 Å². The first-order valence-electron chi connectivity index (χ1n) is 6.11. The monoisotopic (exact) mass is 229 g/mol. The molecule has 2 rings (SSSR count). The van der Waals surface area contributed by atoms with Crippen molar-refractivity contribution in [3.63, 3.8) is 0 Å².